The van der Waals surface area contributed by atoms with E-state index in [2.05, 4.69) is 6.92 Å². The molecule has 0 bridgehead atoms. The molecule has 0 aliphatic carbocycles. The molecule has 2 aromatic carbocycles. The van der Waals surface area contributed by atoms with E-state index < -0.39 is 0 Å². The Kier molecular flexibility index (Phi) is 7.55. The lowest BCUT2D eigenvalue weighted by Gasteiger charge is -2.38. The Morgan fingerprint density at radius 2 is 1.58 bits per heavy atom. The smallest absolute Gasteiger partial charge is 0.254 e. The van der Waals surface area contributed by atoms with Gasteiger partial charge in [0, 0.05) is 42.4 Å². The Morgan fingerprint density at radius 1 is 1.00 bits per heavy atom. The Bertz CT molecular complexity index is 880. The van der Waals surface area contributed by atoms with Gasteiger partial charge in [0.2, 0.25) is 0 Å². The highest BCUT2D eigenvalue weighted by Crippen LogP contribution is 2.31. The van der Waals surface area contributed by atoms with Gasteiger partial charge in [0.25, 0.3) is 11.8 Å². The van der Waals surface area contributed by atoms with Gasteiger partial charge in [-0.2, -0.15) is 0 Å². The van der Waals surface area contributed by atoms with Crippen molar-refractivity contribution in [1.82, 2.24) is 9.80 Å². The Hall–Kier alpha value is -3.02. The van der Waals surface area contributed by atoms with Crippen LogP contribution in [0.1, 0.15) is 52.5 Å². The summed E-state index contributed by atoms with van der Waals surface area (Å²) >= 11 is 0. The lowest BCUT2D eigenvalue weighted by molar-refractivity contribution is 0.0518. The number of nitrogens with zero attached hydrogens (tertiary/aromatic N) is 2. The number of piperidine rings is 1. The van der Waals surface area contributed by atoms with Gasteiger partial charge in [0.15, 0.2) is 0 Å². The van der Waals surface area contributed by atoms with Gasteiger partial charge in [0.1, 0.15) is 11.5 Å². The third kappa shape index (κ3) is 5.01. The second kappa shape index (κ2) is 10.3. The molecule has 0 unspecified atom stereocenters. The number of methoxy groups -OCH3 is 2. The average molecular weight is 425 g/mol. The van der Waals surface area contributed by atoms with Crippen LogP contribution in [0.15, 0.2) is 42.5 Å². The van der Waals surface area contributed by atoms with Crippen LogP contribution in [-0.2, 0) is 0 Å². The van der Waals surface area contributed by atoms with E-state index in [9.17, 15) is 9.59 Å². The van der Waals surface area contributed by atoms with E-state index in [4.69, 9.17) is 9.47 Å². The minimum absolute atomic E-state index is 0.0220. The van der Waals surface area contributed by atoms with E-state index in [1.165, 1.54) is 0 Å². The topological polar surface area (TPSA) is 59.1 Å². The Labute approximate surface area is 184 Å². The van der Waals surface area contributed by atoms with Gasteiger partial charge in [0.05, 0.1) is 14.2 Å². The maximum Gasteiger partial charge on any atom is 0.254 e. The van der Waals surface area contributed by atoms with Crippen molar-refractivity contribution >= 4 is 11.8 Å². The SMILES string of the molecule is CCCN(C(=O)c1cc(OC)c(C)c(OC)c1)C1CCN(C(=O)c2ccccc2)CC1. The van der Waals surface area contributed by atoms with E-state index in [1.54, 1.807) is 26.4 Å². The molecule has 6 heteroatoms. The van der Waals surface area contributed by atoms with E-state index in [1.807, 2.05) is 47.1 Å². The minimum atomic E-state index is -0.0220. The molecule has 0 radical (unpaired) electrons. The number of benzene rings is 2. The zero-order chi connectivity index (χ0) is 22.4. The van der Waals surface area contributed by atoms with Crippen LogP contribution in [0.2, 0.25) is 0 Å². The molecule has 1 aliphatic heterocycles. The number of amides is 2. The number of carbonyl (C=O) groups excluding carboxylic acids is 2. The largest absolute Gasteiger partial charge is 0.496 e. The van der Waals surface area contributed by atoms with Crippen molar-refractivity contribution in [3.05, 3.63) is 59.2 Å². The minimum Gasteiger partial charge on any atom is -0.496 e. The fourth-order valence-corrected chi connectivity index (χ4v) is 4.21. The lowest BCUT2D eigenvalue weighted by Crippen LogP contribution is -2.49. The molecule has 0 N–H and O–H groups in total. The molecule has 1 fully saturated rings. The van der Waals surface area contributed by atoms with Crippen LogP contribution in [0.25, 0.3) is 0 Å². The Balaban J connectivity index is 1.74. The fraction of sp³-hybridized carbons (Fsp3) is 0.440. The maximum atomic E-state index is 13.5. The van der Waals surface area contributed by atoms with Crippen molar-refractivity contribution in [2.24, 2.45) is 0 Å². The van der Waals surface area contributed by atoms with Crippen LogP contribution in [0.4, 0.5) is 0 Å². The van der Waals surface area contributed by atoms with Gasteiger partial charge in [-0.3, -0.25) is 9.59 Å². The van der Waals surface area contributed by atoms with Crippen LogP contribution in [0, 0.1) is 6.92 Å². The summed E-state index contributed by atoms with van der Waals surface area (Å²) in [5.41, 5.74) is 2.15. The Morgan fingerprint density at radius 3 is 2.10 bits per heavy atom. The summed E-state index contributed by atoms with van der Waals surface area (Å²) in [6.45, 7) is 5.95. The first-order valence-electron chi connectivity index (χ1n) is 10.9. The van der Waals surface area contributed by atoms with Gasteiger partial charge < -0.3 is 19.3 Å². The van der Waals surface area contributed by atoms with E-state index >= 15 is 0 Å². The van der Waals surface area contributed by atoms with Crippen molar-refractivity contribution in [1.29, 1.82) is 0 Å². The summed E-state index contributed by atoms with van der Waals surface area (Å²) in [7, 11) is 3.19. The van der Waals surface area contributed by atoms with Gasteiger partial charge in [-0.05, 0) is 50.5 Å². The molecule has 0 aromatic heterocycles. The van der Waals surface area contributed by atoms with Crippen LogP contribution < -0.4 is 9.47 Å². The molecular formula is C25H32N2O4. The van der Waals surface area contributed by atoms with Crippen molar-refractivity contribution in [3.8, 4) is 11.5 Å². The average Bonchev–Trinajstić information content (AvgIpc) is 2.82. The summed E-state index contributed by atoms with van der Waals surface area (Å²) < 4.78 is 10.9. The number of hydrogen-bond donors (Lipinski definition) is 0. The number of carbonyl (C=O) groups is 2. The number of hydrogen-bond acceptors (Lipinski definition) is 4. The zero-order valence-corrected chi connectivity index (χ0v) is 18.9. The fourth-order valence-electron chi connectivity index (χ4n) is 4.21. The lowest BCUT2D eigenvalue weighted by atomic mass is 10.00. The van der Waals surface area contributed by atoms with Gasteiger partial charge in [-0.15, -0.1) is 0 Å². The van der Waals surface area contributed by atoms with Crippen LogP contribution in [0.3, 0.4) is 0 Å². The third-order valence-electron chi connectivity index (χ3n) is 5.94. The zero-order valence-electron chi connectivity index (χ0n) is 18.9. The van der Waals surface area contributed by atoms with E-state index in [0.29, 0.717) is 42.3 Å². The molecule has 0 spiro atoms. The standard InChI is InChI=1S/C25H32N2O4/c1-5-13-27(25(29)20-16-22(30-3)18(2)23(17-20)31-4)21-11-14-26(15-12-21)24(28)19-9-7-6-8-10-19/h6-10,16-17,21H,5,11-15H2,1-4H3. The van der Waals surface area contributed by atoms with Gasteiger partial charge in [-0.25, -0.2) is 0 Å². The molecule has 6 nitrogen and oxygen atoms in total. The quantitative estimate of drug-likeness (QED) is 0.669. The number of likely N-dealkylation sites (tertiary alicyclic amines) is 1. The molecule has 1 heterocycles. The first kappa shape index (κ1) is 22.7. The maximum absolute atomic E-state index is 13.5. The highest BCUT2D eigenvalue weighted by Gasteiger charge is 2.30. The predicted octanol–water partition coefficient (Wildman–Crippen LogP) is 4.17. The van der Waals surface area contributed by atoms with Crippen LogP contribution in [0.5, 0.6) is 11.5 Å². The first-order chi connectivity index (χ1) is 15.0. The van der Waals surface area contributed by atoms with Crippen LogP contribution >= 0.6 is 0 Å². The number of rotatable bonds is 7. The second-order valence-corrected chi connectivity index (χ2v) is 7.89. The van der Waals surface area contributed by atoms with Gasteiger partial charge in [-0.1, -0.05) is 25.1 Å². The van der Waals surface area contributed by atoms with Crippen molar-refractivity contribution in [2.75, 3.05) is 33.9 Å². The van der Waals surface area contributed by atoms with Crippen molar-refractivity contribution in [3.63, 3.8) is 0 Å². The summed E-state index contributed by atoms with van der Waals surface area (Å²) in [6, 6.07) is 13.0. The van der Waals surface area contributed by atoms with Gasteiger partial charge >= 0.3 is 0 Å². The second-order valence-electron chi connectivity index (χ2n) is 7.89. The molecule has 31 heavy (non-hydrogen) atoms. The molecule has 0 atom stereocenters. The van der Waals surface area contributed by atoms with E-state index in [-0.39, 0.29) is 17.9 Å². The van der Waals surface area contributed by atoms with Crippen LogP contribution in [-0.4, -0.2) is 61.5 Å². The number of ether oxygens (including phenoxy) is 2. The first-order valence-corrected chi connectivity index (χ1v) is 10.9. The summed E-state index contributed by atoms with van der Waals surface area (Å²) in [6.07, 6.45) is 2.41. The van der Waals surface area contributed by atoms with Crippen molar-refractivity contribution < 1.29 is 19.1 Å². The molecule has 2 amide bonds. The normalized spacial score (nSPS) is 14.3. The molecular weight excluding hydrogens is 392 g/mol. The summed E-state index contributed by atoms with van der Waals surface area (Å²) in [5.74, 6) is 1.32. The summed E-state index contributed by atoms with van der Waals surface area (Å²) in [4.78, 5) is 30.0. The third-order valence-corrected chi connectivity index (χ3v) is 5.94. The molecule has 0 saturated carbocycles. The predicted molar refractivity (Wildman–Crippen MR) is 121 cm³/mol. The highest BCUT2D eigenvalue weighted by molar-refractivity contribution is 5.96. The summed E-state index contributed by atoms with van der Waals surface area (Å²) in [5, 5.41) is 0. The highest BCUT2D eigenvalue weighted by atomic mass is 16.5. The molecule has 166 valence electrons. The monoisotopic (exact) mass is 424 g/mol. The molecule has 3 rings (SSSR count). The van der Waals surface area contributed by atoms with Crippen molar-refractivity contribution in [2.45, 2.75) is 39.2 Å². The van der Waals surface area contributed by atoms with E-state index in [0.717, 1.165) is 24.8 Å². The molecule has 1 saturated heterocycles. The molecule has 2 aromatic rings. The molecule has 1 aliphatic rings.